The summed E-state index contributed by atoms with van der Waals surface area (Å²) in [6.45, 7) is 4.19. The van der Waals surface area contributed by atoms with E-state index < -0.39 is 0 Å². The van der Waals surface area contributed by atoms with Crippen molar-refractivity contribution in [2.45, 2.75) is 25.0 Å². The Bertz CT molecular complexity index is 2250. The Labute approximate surface area is 321 Å². The molecule has 8 rings (SSSR count). The van der Waals surface area contributed by atoms with Gasteiger partial charge in [-0.2, -0.15) is 21.0 Å². The summed E-state index contributed by atoms with van der Waals surface area (Å²) >= 11 is 0. The molecule has 284 valence electrons. The van der Waals surface area contributed by atoms with Crippen LogP contribution in [0, 0.1) is 57.4 Å². The summed E-state index contributed by atoms with van der Waals surface area (Å²) < 4.78 is 25.3. The van der Waals surface area contributed by atoms with Crippen LogP contribution in [0.2, 0.25) is 0 Å². The van der Waals surface area contributed by atoms with Gasteiger partial charge in [-0.3, -0.25) is 9.59 Å². The summed E-state index contributed by atoms with van der Waals surface area (Å²) in [6, 6.07) is 14.7. The van der Waals surface area contributed by atoms with E-state index in [2.05, 4.69) is 45.1 Å². The largest absolute Gasteiger partial charge is 0.486 e. The van der Waals surface area contributed by atoms with Crippen LogP contribution < -0.4 is 20.1 Å². The number of rotatable bonds is 10. The fourth-order valence-corrected chi connectivity index (χ4v) is 6.33. The number of benzene rings is 2. The molecule has 18 heteroatoms. The highest BCUT2D eigenvalue weighted by Crippen LogP contribution is 2.27. The van der Waals surface area contributed by atoms with Gasteiger partial charge in [0.25, 0.3) is 0 Å². The van der Waals surface area contributed by atoms with E-state index in [9.17, 15) is 20.1 Å². The van der Waals surface area contributed by atoms with Crippen molar-refractivity contribution >= 4 is 23.5 Å². The first-order valence-corrected chi connectivity index (χ1v) is 17.9. The van der Waals surface area contributed by atoms with E-state index in [0.717, 1.165) is 5.69 Å². The van der Waals surface area contributed by atoms with Crippen LogP contribution >= 0.6 is 0 Å². The number of likely N-dealkylation sites (tertiary alicyclic amines) is 2. The van der Waals surface area contributed by atoms with Gasteiger partial charge >= 0.3 is 0 Å². The van der Waals surface area contributed by atoms with E-state index in [4.69, 9.17) is 29.5 Å². The third kappa shape index (κ3) is 8.64. The molecule has 2 N–H and O–H groups in total. The monoisotopic (exact) mass is 756 g/mol. The summed E-state index contributed by atoms with van der Waals surface area (Å²) in [7, 11) is 0. The lowest BCUT2D eigenvalue weighted by Gasteiger charge is -2.27. The van der Waals surface area contributed by atoms with E-state index in [1.54, 1.807) is 74.1 Å². The molecule has 6 heterocycles. The van der Waals surface area contributed by atoms with Gasteiger partial charge < -0.3 is 48.5 Å². The van der Waals surface area contributed by atoms with Crippen molar-refractivity contribution < 1.29 is 28.5 Å². The third-order valence-electron chi connectivity index (χ3n) is 9.63. The van der Waals surface area contributed by atoms with Gasteiger partial charge in [0.05, 0.1) is 73.2 Å². The lowest BCUT2D eigenvalue weighted by Crippen LogP contribution is -2.38. The molecule has 0 aliphatic carbocycles. The molecule has 0 saturated carbocycles. The minimum atomic E-state index is -0.235. The number of nitrogens with zero attached hydrogens (tertiary/aromatic N) is 10. The predicted molar refractivity (Wildman–Crippen MR) is 195 cm³/mol. The average molecular weight is 757 g/mol. The summed E-state index contributed by atoms with van der Waals surface area (Å²) in [5.74, 6) is 1.20. The Kier molecular flexibility index (Phi) is 11.2. The highest BCUT2D eigenvalue weighted by atomic mass is 16.6. The quantitative estimate of drug-likeness (QED) is 0.222. The molecule has 4 aromatic rings. The van der Waals surface area contributed by atoms with Crippen LogP contribution in [0.1, 0.15) is 24.0 Å². The maximum atomic E-state index is 12.4. The predicted octanol–water partition coefficient (Wildman–Crippen LogP) is 2.53. The summed E-state index contributed by atoms with van der Waals surface area (Å²) in [4.78, 5) is 36.3. The van der Waals surface area contributed by atoms with Crippen molar-refractivity contribution in [2.24, 2.45) is 11.8 Å². The van der Waals surface area contributed by atoms with Crippen molar-refractivity contribution in [1.29, 1.82) is 21.0 Å². The Morgan fingerprint density at radius 3 is 1.80 bits per heavy atom. The Morgan fingerprint density at radius 2 is 1.27 bits per heavy atom. The van der Waals surface area contributed by atoms with Crippen LogP contribution in [0.15, 0.2) is 61.4 Å². The number of ether oxygens (including phenoxy) is 4. The number of carbonyl (C=O) groups is 2. The highest BCUT2D eigenvalue weighted by molar-refractivity contribution is 5.92. The van der Waals surface area contributed by atoms with Crippen LogP contribution in [0.4, 0.5) is 11.6 Å². The summed E-state index contributed by atoms with van der Waals surface area (Å²) in [6.07, 6.45) is 11.9. The molecule has 0 radical (unpaired) electrons. The second kappa shape index (κ2) is 16.9. The topological polar surface area (TPSA) is 232 Å². The molecule has 0 unspecified atom stereocenters. The van der Waals surface area contributed by atoms with E-state index >= 15 is 0 Å². The molecule has 56 heavy (non-hydrogen) atoms. The van der Waals surface area contributed by atoms with Crippen molar-refractivity contribution in [3.63, 3.8) is 0 Å². The molecule has 4 aliphatic rings. The minimum absolute atomic E-state index is 0.0257. The molecule has 4 fully saturated rings. The zero-order valence-corrected chi connectivity index (χ0v) is 30.1. The Morgan fingerprint density at radius 1 is 0.714 bits per heavy atom. The smallest absolute Gasteiger partial charge is 0.230 e. The molecule has 2 atom stereocenters. The second-order valence-corrected chi connectivity index (χ2v) is 13.5. The third-order valence-corrected chi connectivity index (χ3v) is 9.63. The number of hydrogen-bond acceptors (Lipinski definition) is 14. The SMILES string of the molecule is N#Cc1ccc(-n2cnc(NC(=O)[C@H]3CCN(C#N)C3)c2)cc1OC1COC1.N#Cc1ccc(OC2COC2)cc1-n1cnc(NC(=O)[C@H]2CCN(C#N)C2)c1. The fourth-order valence-electron chi connectivity index (χ4n) is 6.33. The van der Waals surface area contributed by atoms with Crippen LogP contribution in [0.25, 0.3) is 11.4 Å². The first-order chi connectivity index (χ1) is 27.3. The zero-order valence-electron chi connectivity index (χ0n) is 30.1. The van der Waals surface area contributed by atoms with Crippen LogP contribution in [0.3, 0.4) is 0 Å². The number of aromatic nitrogens is 4. The number of nitrogens with one attached hydrogen (secondary N) is 2. The molecule has 4 aliphatic heterocycles. The van der Waals surface area contributed by atoms with Gasteiger partial charge in [-0.1, -0.05) is 0 Å². The Hall–Kier alpha value is -7.12. The minimum Gasteiger partial charge on any atom is -0.486 e. The van der Waals surface area contributed by atoms with Crippen LogP contribution in [-0.2, 0) is 19.1 Å². The number of anilines is 2. The fraction of sp³-hybridized carbons (Fsp3) is 0.368. The molecule has 2 aromatic heterocycles. The summed E-state index contributed by atoms with van der Waals surface area (Å²) in [5.41, 5.74) is 2.30. The van der Waals surface area contributed by atoms with Crippen LogP contribution in [-0.4, -0.2) is 106 Å². The van der Waals surface area contributed by atoms with Crippen molar-refractivity contribution in [2.75, 3.05) is 63.2 Å². The van der Waals surface area contributed by atoms with Gasteiger partial charge in [-0.25, -0.2) is 9.97 Å². The lowest BCUT2D eigenvalue weighted by molar-refractivity contribution is -0.120. The van der Waals surface area contributed by atoms with Gasteiger partial charge in [0.2, 0.25) is 11.8 Å². The molecule has 0 spiro atoms. The van der Waals surface area contributed by atoms with Crippen molar-refractivity contribution in [3.05, 3.63) is 72.6 Å². The van der Waals surface area contributed by atoms with Gasteiger partial charge in [0.1, 0.15) is 48.5 Å². The van der Waals surface area contributed by atoms with E-state index in [0.29, 0.717) is 105 Å². The van der Waals surface area contributed by atoms with E-state index in [1.807, 2.05) is 0 Å². The molecule has 18 nitrogen and oxygen atoms in total. The first-order valence-electron chi connectivity index (χ1n) is 17.9. The molecular formula is C38H36N12O6. The zero-order chi connectivity index (χ0) is 39.0. The lowest BCUT2D eigenvalue weighted by atomic mass is 10.1. The average Bonchev–Trinajstić information content (AvgIpc) is 4.02. The first kappa shape index (κ1) is 37.2. The number of amides is 2. The number of imidazole rings is 2. The van der Waals surface area contributed by atoms with E-state index in [1.165, 1.54) is 6.33 Å². The van der Waals surface area contributed by atoms with Crippen molar-refractivity contribution in [3.8, 4) is 47.4 Å². The normalized spacial score (nSPS) is 18.8. The van der Waals surface area contributed by atoms with Crippen LogP contribution in [0.5, 0.6) is 11.5 Å². The second-order valence-electron chi connectivity index (χ2n) is 13.5. The van der Waals surface area contributed by atoms with Gasteiger partial charge in [0.15, 0.2) is 24.0 Å². The molecule has 2 aromatic carbocycles. The number of nitriles is 4. The standard InChI is InChI=1S/2C19H18N6O3/c20-6-13-1-2-15(28-16-9-27-10-16)5-17(13)25-8-18(22-12-25)23-19(26)14-3-4-24(7-14)11-21;20-6-13-1-2-15(5-17(13)28-16-9-27-10-16)25-8-18(22-12-25)23-19(26)14-3-4-24(7-14)11-21/h2*1-2,5,8,12,14,16H,3-4,7,9-10H2,(H,23,26)/t2*14-/m00/s1. The molecular weight excluding hydrogens is 720 g/mol. The summed E-state index contributed by atoms with van der Waals surface area (Å²) in [5, 5.41) is 42.1. The van der Waals surface area contributed by atoms with Gasteiger partial charge in [-0.05, 0) is 37.1 Å². The number of carbonyl (C=O) groups excluding carboxylic acids is 2. The number of hydrogen-bond donors (Lipinski definition) is 2. The molecule has 0 bridgehead atoms. The van der Waals surface area contributed by atoms with Gasteiger partial charge in [0, 0.05) is 38.3 Å². The van der Waals surface area contributed by atoms with Gasteiger partial charge in [-0.15, -0.1) is 0 Å². The van der Waals surface area contributed by atoms with Crippen molar-refractivity contribution in [1.82, 2.24) is 28.9 Å². The molecule has 4 saturated heterocycles. The maximum Gasteiger partial charge on any atom is 0.230 e. The maximum absolute atomic E-state index is 12.4. The van der Waals surface area contributed by atoms with E-state index in [-0.39, 0.29) is 35.9 Å². The Balaban J connectivity index is 0.000000172. The molecule has 2 amide bonds. The highest BCUT2D eigenvalue weighted by Gasteiger charge is 2.29.